The first-order valence-electron chi connectivity index (χ1n) is 3.04. The highest BCUT2D eigenvalue weighted by molar-refractivity contribution is 7.81. The predicted molar refractivity (Wildman–Crippen MR) is 48.9 cm³/mol. The zero-order valence-corrected chi connectivity index (χ0v) is 7.15. The van der Waals surface area contributed by atoms with Gasteiger partial charge in [0.2, 0.25) is 0 Å². The van der Waals surface area contributed by atoms with Crippen molar-refractivity contribution in [3.63, 3.8) is 0 Å². The van der Waals surface area contributed by atoms with Gasteiger partial charge in [-0.2, -0.15) is 0 Å². The SMILES string of the molecule is CCCCC(=S)NC=S. The van der Waals surface area contributed by atoms with E-state index in [0.717, 1.165) is 17.8 Å². The number of rotatable bonds is 4. The van der Waals surface area contributed by atoms with Crippen LogP contribution in [0.25, 0.3) is 0 Å². The van der Waals surface area contributed by atoms with Gasteiger partial charge in [-0.15, -0.1) is 0 Å². The van der Waals surface area contributed by atoms with Crippen molar-refractivity contribution in [2.75, 3.05) is 0 Å². The van der Waals surface area contributed by atoms with Gasteiger partial charge in [-0.05, 0) is 12.8 Å². The van der Waals surface area contributed by atoms with E-state index in [2.05, 4.69) is 24.5 Å². The molecular weight excluding hydrogens is 150 g/mol. The number of unbranched alkanes of at least 4 members (excludes halogenated alkanes) is 1. The Morgan fingerprint density at radius 3 is 2.78 bits per heavy atom. The van der Waals surface area contributed by atoms with Gasteiger partial charge in [0, 0.05) is 0 Å². The Morgan fingerprint density at radius 2 is 2.33 bits per heavy atom. The van der Waals surface area contributed by atoms with Crippen molar-refractivity contribution in [1.29, 1.82) is 0 Å². The van der Waals surface area contributed by atoms with Crippen molar-refractivity contribution >= 4 is 34.9 Å². The van der Waals surface area contributed by atoms with E-state index in [1.807, 2.05) is 0 Å². The van der Waals surface area contributed by atoms with Crippen molar-refractivity contribution in [1.82, 2.24) is 5.32 Å². The summed E-state index contributed by atoms with van der Waals surface area (Å²) in [7, 11) is 0. The molecule has 1 nitrogen and oxygen atoms in total. The lowest BCUT2D eigenvalue weighted by molar-refractivity contribution is 0.833. The van der Waals surface area contributed by atoms with E-state index < -0.39 is 0 Å². The van der Waals surface area contributed by atoms with Gasteiger partial charge < -0.3 is 5.32 Å². The van der Waals surface area contributed by atoms with Crippen molar-refractivity contribution in [3.8, 4) is 0 Å². The summed E-state index contributed by atoms with van der Waals surface area (Å²) >= 11 is 9.46. The van der Waals surface area contributed by atoms with Crippen molar-refractivity contribution in [2.24, 2.45) is 0 Å². The highest BCUT2D eigenvalue weighted by Crippen LogP contribution is 1.93. The van der Waals surface area contributed by atoms with E-state index >= 15 is 0 Å². The van der Waals surface area contributed by atoms with Crippen LogP contribution >= 0.6 is 24.4 Å². The average molecular weight is 161 g/mol. The number of hydrogen-bond donors (Lipinski definition) is 1. The van der Waals surface area contributed by atoms with Crippen LogP contribution in [0.1, 0.15) is 26.2 Å². The van der Waals surface area contributed by atoms with Crippen LogP contribution < -0.4 is 5.32 Å². The lowest BCUT2D eigenvalue weighted by Crippen LogP contribution is -2.17. The molecule has 0 amide bonds. The molecule has 0 saturated heterocycles. The summed E-state index contributed by atoms with van der Waals surface area (Å²) in [6, 6.07) is 0. The second-order valence-electron chi connectivity index (χ2n) is 1.79. The Bertz CT molecular complexity index is 101. The fourth-order valence-corrected chi connectivity index (χ4v) is 0.895. The molecule has 0 unspecified atom stereocenters. The molecule has 52 valence electrons. The van der Waals surface area contributed by atoms with Gasteiger partial charge in [0.15, 0.2) is 0 Å². The van der Waals surface area contributed by atoms with Crippen molar-refractivity contribution in [2.45, 2.75) is 26.2 Å². The first-order chi connectivity index (χ1) is 4.31. The molecule has 0 saturated carbocycles. The van der Waals surface area contributed by atoms with Crippen LogP contribution in [0.2, 0.25) is 0 Å². The summed E-state index contributed by atoms with van der Waals surface area (Å²) < 4.78 is 0. The number of hydrogen-bond acceptors (Lipinski definition) is 2. The normalized spacial score (nSPS) is 8.56. The molecule has 0 aromatic rings. The molecule has 0 atom stereocenters. The molecule has 9 heavy (non-hydrogen) atoms. The minimum Gasteiger partial charge on any atom is -0.347 e. The molecule has 0 aliphatic carbocycles. The van der Waals surface area contributed by atoms with Crippen LogP contribution in [-0.4, -0.2) is 10.5 Å². The molecule has 0 bridgehead atoms. The summed E-state index contributed by atoms with van der Waals surface area (Å²) in [4.78, 5) is 0.854. The van der Waals surface area contributed by atoms with E-state index in [-0.39, 0.29) is 0 Å². The van der Waals surface area contributed by atoms with E-state index in [9.17, 15) is 0 Å². The Balaban J connectivity index is 3.16. The van der Waals surface area contributed by atoms with Gasteiger partial charge in [-0.1, -0.05) is 37.8 Å². The van der Waals surface area contributed by atoms with E-state index in [4.69, 9.17) is 12.2 Å². The smallest absolute Gasteiger partial charge is 0.0798 e. The van der Waals surface area contributed by atoms with Gasteiger partial charge in [-0.25, -0.2) is 0 Å². The summed E-state index contributed by atoms with van der Waals surface area (Å²) in [6.45, 7) is 2.14. The summed E-state index contributed by atoms with van der Waals surface area (Å²) in [6.07, 6.45) is 3.28. The first-order valence-corrected chi connectivity index (χ1v) is 3.92. The van der Waals surface area contributed by atoms with Crippen molar-refractivity contribution < 1.29 is 0 Å². The minimum absolute atomic E-state index is 0.854. The van der Waals surface area contributed by atoms with Crippen LogP contribution in [-0.2, 0) is 0 Å². The molecule has 0 fully saturated rings. The zero-order valence-electron chi connectivity index (χ0n) is 5.52. The Kier molecular flexibility index (Phi) is 6.09. The third kappa shape index (κ3) is 5.86. The van der Waals surface area contributed by atoms with Crippen molar-refractivity contribution in [3.05, 3.63) is 0 Å². The highest BCUT2D eigenvalue weighted by Gasteiger charge is 1.89. The van der Waals surface area contributed by atoms with Crippen LogP contribution in [0.15, 0.2) is 0 Å². The molecular formula is C6H11NS2. The van der Waals surface area contributed by atoms with E-state index in [1.54, 1.807) is 0 Å². The van der Waals surface area contributed by atoms with E-state index in [1.165, 1.54) is 11.9 Å². The molecule has 0 aliphatic rings. The molecule has 0 rings (SSSR count). The zero-order chi connectivity index (χ0) is 7.11. The quantitative estimate of drug-likeness (QED) is 0.634. The maximum Gasteiger partial charge on any atom is 0.0798 e. The van der Waals surface area contributed by atoms with Gasteiger partial charge in [0.05, 0.1) is 10.5 Å². The molecule has 1 N–H and O–H groups in total. The maximum absolute atomic E-state index is 4.91. The molecule has 0 spiro atoms. The lowest BCUT2D eigenvalue weighted by Gasteiger charge is -1.98. The average Bonchev–Trinajstić information content (AvgIpc) is 1.85. The second-order valence-corrected chi connectivity index (χ2v) is 2.52. The first kappa shape index (κ1) is 8.98. The molecule has 0 heterocycles. The monoisotopic (exact) mass is 161 g/mol. The van der Waals surface area contributed by atoms with Gasteiger partial charge in [0.25, 0.3) is 0 Å². The molecule has 0 aromatic heterocycles. The highest BCUT2D eigenvalue weighted by atomic mass is 32.1. The summed E-state index contributed by atoms with van der Waals surface area (Å²) in [5.41, 5.74) is 1.46. The molecule has 3 heteroatoms. The third-order valence-corrected chi connectivity index (χ3v) is 1.42. The van der Waals surface area contributed by atoms with E-state index in [0.29, 0.717) is 0 Å². The molecule has 0 radical (unpaired) electrons. The lowest BCUT2D eigenvalue weighted by atomic mass is 10.2. The van der Waals surface area contributed by atoms with Gasteiger partial charge in [0.1, 0.15) is 0 Å². The standard InChI is InChI=1S/C6H11NS2/c1-2-3-4-6(9)7-5-8/h5H,2-4H2,1H3,(H,7,8,9). The Morgan fingerprint density at radius 1 is 1.67 bits per heavy atom. The fourth-order valence-electron chi connectivity index (χ4n) is 0.475. The van der Waals surface area contributed by atoms with Crippen LogP contribution in [0, 0.1) is 0 Å². The maximum atomic E-state index is 4.91. The number of thiocarbonyl (C=S) groups is 2. The largest absolute Gasteiger partial charge is 0.347 e. The minimum atomic E-state index is 0.854. The van der Waals surface area contributed by atoms with Crippen LogP contribution in [0.5, 0.6) is 0 Å². The fraction of sp³-hybridized carbons (Fsp3) is 0.667. The van der Waals surface area contributed by atoms with Gasteiger partial charge in [-0.3, -0.25) is 0 Å². The second kappa shape index (κ2) is 6.11. The van der Waals surface area contributed by atoms with Crippen LogP contribution in [0.4, 0.5) is 0 Å². The predicted octanol–water partition coefficient (Wildman–Crippen LogP) is 2.05. The van der Waals surface area contributed by atoms with Gasteiger partial charge >= 0.3 is 0 Å². The molecule has 0 aliphatic heterocycles. The summed E-state index contributed by atoms with van der Waals surface area (Å²) in [5.74, 6) is 0. The Labute approximate surface area is 66.8 Å². The molecule has 0 aromatic carbocycles. The Hall–Kier alpha value is -0.0200. The third-order valence-electron chi connectivity index (χ3n) is 0.977. The number of nitrogens with one attached hydrogen (secondary N) is 1. The topological polar surface area (TPSA) is 12.0 Å². The van der Waals surface area contributed by atoms with Crippen LogP contribution in [0.3, 0.4) is 0 Å². The summed E-state index contributed by atoms with van der Waals surface area (Å²) in [5, 5.41) is 2.80.